The van der Waals surface area contributed by atoms with Crippen LogP contribution < -0.4 is 24.3 Å². The highest BCUT2D eigenvalue weighted by atomic mass is 32.1. The predicted octanol–water partition coefficient (Wildman–Crippen LogP) is 5.95. The summed E-state index contributed by atoms with van der Waals surface area (Å²) in [6.45, 7) is 2.77. The zero-order valence-electron chi connectivity index (χ0n) is 24.7. The molecule has 9 nitrogen and oxygen atoms in total. The number of hydrogen-bond donors (Lipinski definition) is 0. The highest BCUT2D eigenvalue weighted by Crippen LogP contribution is 2.35. The van der Waals surface area contributed by atoms with Crippen molar-refractivity contribution in [3.8, 4) is 34.2 Å². The molecule has 0 spiro atoms. The van der Waals surface area contributed by atoms with Crippen LogP contribution in [-0.2, 0) is 6.61 Å². The van der Waals surface area contributed by atoms with Gasteiger partial charge in [-0.05, 0) is 66.6 Å². The van der Waals surface area contributed by atoms with E-state index in [0.29, 0.717) is 33.4 Å². The van der Waals surface area contributed by atoms with Gasteiger partial charge in [0.25, 0.3) is 5.56 Å². The minimum absolute atomic E-state index is 0.255. The summed E-state index contributed by atoms with van der Waals surface area (Å²) in [5.41, 5.74) is 5.20. The van der Waals surface area contributed by atoms with Crippen LogP contribution in [0, 0.1) is 6.92 Å². The molecule has 1 aliphatic heterocycles. The van der Waals surface area contributed by atoms with Gasteiger partial charge in [0.15, 0.2) is 23.4 Å². The van der Waals surface area contributed by atoms with Gasteiger partial charge in [-0.25, -0.2) is 4.68 Å². The van der Waals surface area contributed by atoms with Gasteiger partial charge in [-0.1, -0.05) is 72.0 Å². The molecule has 226 valence electrons. The number of fused-ring (bicyclic) bond motifs is 2. The number of thiazole rings is 1. The van der Waals surface area contributed by atoms with Crippen LogP contribution in [0.15, 0.2) is 114 Å². The Balaban J connectivity index is 1.14. The van der Waals surface area contributed by atoms with Gasteiger partial charge in [0.05, 0.1) is 10.2 Å². The van der Waals surface area contributed by atoms with Crippen LogP contribution in [0.3, 0.4) is 0 Å². The molecule has 8 rings (SSSR count). The molecule has 7 aromatic rings. The molecular weight excluding hydrogens is 598 g/mol. The molecule has 0 aliphatic carbocycles. The topological polar surface area (TPSA) is 92.8 Å². The van der Waals surface area contributed by atoms with E-state index in [-0.39, 0.29) is 12.2 Å². The molecule has 4 aromatic carbocycles. The average Bonchev–Trinajstić information content (AvgIpc) is 3.79. The van der Waals surface area contributed by atoms with Crippen LogP contribution in [0.1, 0.15) is 28.6 Å². The second kappa shape index (κ2) is 11.6. The Labute approximate surface area is 267 Å². The first-order chi connectivity index (χ1) is 22.6. The van der Waals surface area contributed by atoms with E-state index in [1.807, 2.05) is 121 Å². The Morgan fingerprint density at radius 3 is 2.48 bits per heavy atom. The molecule has 0 N–H and O–H groups in total. The zero-order chi connectivity index (χ0) is 31.0. The van der Waals surface area contributed by atoms with E-state index in [2.05, 4.69) is 16.1 Å². The van der Waals surface area contributed by atoms with Crippen molar-refractivity contribution in [3.05, 3.63) is 147 Å². The summed E-state index contributed by atoms with van der Waals surface area (Å²) in [4.78, 5) is 18.7. The maximum absolute atomic E-state index is 13.6. The lowest BCUT2D eigenvalue weighted by Gasteiger charge is -2.24. The summed E-state index contributed by atoms with van der Waals surface area (Å²) >= 11 is 1.28. The summed E-state index contributed by atoms with van der Waals surface area (Å²) in [7, 11) is 0. The van der Waals surface area contributed by atoms with E-state index in [1.54, 1.807) is 0 Å². The van der Waals surface area contributed by atoms with E-state index < -0.39 is 6.10 Å². The summed E-state index contributed by atoms with van der Waals surface area (Å²) in [5, 5.41) is 9.46. The van der Waals surface area contributed by atoms with Gasteiger partial charge in [-0.2, -0.15) is 14.6 Å². The van der Waals surface area contributed by atoms with Gasteiger partial charge in [0.2, 0.25) is 4.96 Å². The average molecular weight is 626 g/mol. The number of aromatic nitrogens is 5. The fourth-order valence-electron chi connectivity index (χ4n) is 5.40. The molecular formula is C36H27N5O4S. The van der Waals surface area contributed by atoms with Crippen LogP contribution >= 0.6 is 11.3 Å². The lowest BCUT2D eigenvalue weighted by atomic mass is 10.0. The fraction of sp³-hybridized carbons (Fsp3) is 0.111. The number of para-hydroxylation sites is 3. The fourth-order valence-corrected chi connectivity index (χ4v) is 6.30. The molecule has 0 bridgehead atoms. The number of hydrogen-bond acceptors (Lipinski definition) is 8. The number of benzene rings is 4. The molecule has 46 heavy (non-hydrogen) atoms. The van der Waals surface area contributed by atoms with Crippen LogP contribution in [-0.4, -0.2) is 31.0 Å². The summed E-state index contributed by atoms with van der Waals surface area (Å²) < 4.78 is 21.7. The molecule has 1 aliphatic rings. The monoisotopic (exact) mass is 625 g/mol. The van der Waals surface area contributed by atoms with Crippen molar-refractivity contribution in [2.24, 2.45) is 0 Å². The normalized spacial score (nSPS) is 14.5. The minimum Gasteiger partial charge on any atom is -0.489 e. The largest absolute Gasteiger partial charge is 0.489 e. The van der Waals surface area contributed by atoms with Crippen LogP contribution in [0.4, 0.5) is 0 Å². The maximum Gasteiger partial charge on any atom is 0.291 e. The number of rotatable bonds is 7. The Hall–Kier alpha value is -5.74. The van der Waals surface area contributed by atoms with Crippen molar-refractivity contribution in [1.82, 2.24) is 24.4 Å². The summed E-state index contributed by atoms with van der Waals surface area (Å²) in [5.74, 6) is 2.52. The predicted molar refractivity (Wildman–Crippen MR) is 176 cm³/mol. The van der Waals surface area contributed by atoms with Crippen LogP contribution in [0.25, 0.3) is 28.0 Å². The third-order valence-electron chi connectivity index (χ3n) is 7.73. The second-order valence-corrected chi connectivity index (χ2v) is 11.9. The Morgan fingerprint density at radius 1 is 0.935 bits per heavy atom. The van der Waals surface area contributed by atoms with Gasteiger partial charge in [-0.3, -0.25) is 4.79 Å². The third-order valence-corrected chi connectivity index (χ3v) is 8.69. The zero-order valence-corrected chi connectivity index (χ0v) is 25.6. The number of nitrogens with zero attached hydrogens (tertiary/aromatic N) is 5. The molecule has 0 amide bonds. The van der Waals surface area contributed by atoms with E-state index in [1.165, 1.54) is 15.9 Å². The van der Waals surface area contributed by atoms with Gasteiger partial charge in [0, 0.05) is 17.3 Å². The molecule has 0 fully saturated rings. The SMILES string of the molecule is Cc1cc(-c2nn(-c3ccccc3)cc2/C=c2\sc3nc(C4COc5ccccc5O4)nn3c2=O)ccc1OCc1ccccc1. The molecule has 0 saturated carbocycles. The van der Waals surface area contributed by atoms with E-state index in [4.69, 9.17) is 19.3 Å². The van der Waals surface area contributed by atoms with E-state index >= 15 is 0 Å². The summed E-state index contributed by atoms with van der Waals surface area (Å²) in [6, 6.07) is 33.5. The van der Waals surface area contributed by atoms with Gasteiger partial charge in [0.1, 0.15) is 24.7 Å². The van der Waals surface area contributed by atoms with E-state index in [9.17, 15) is 4.79 Å². The molecule has 10 heteroatoms. The Kier molecular flexibility index (Phi) is 7.03. The van der Waals surface area contributed by atoms with Crippen molar-refractivity contribution in [1.29, 1.82) is 0 Å². The lowest BCUT2D eigenvalue weighted by Crippen LogP contribution is -2.26. The smallest absolute Gasteiger partial charge is 0.291 e. The van der Waals surface area contributed by atoms with E-state index in [0.717, 1.165) is 39.4 Å². The van der Waals surface area contributed by atoms with Crippen molar-refractivity contribution >= 4 is 22.4 Å². The number of ether oxygens (including phenoxy) is 3. The molecule has 1 unspecified atom stereocenters. The Morgan fingerprint density at radius 2 is 1.70 bits per heavy atom. The highest BCUT2D eigenvalue weighted by molar-refractivity contribution is 7.15. The van der Waals surface area contributed by atoms with Gasteiger partial charge < -0.3 is 14.2 Å². The van der Waals surface area contributed by atoms with Crippen LogP contribution in [0.2, 0.25) is 0 Å². The first kappa shape index (κ1) is 27.8. The summed E-state index contributed by atoms with van der Waals surface area (Å²) in [6.07, 6.45) is 3.29. The molecule has 0 radical (unpaired) electrons. The second-order valence-electron chi connectivity index (χ2n) is 10.9. The molecule has 0 saturated heterocycles. The van der Waals surface area contributed by atoms with Crippen molar-refractivity contribution < 1.29 is 14.2 Å². The number of aryl methyl sites for hydroxylation is 1. The first-order valence-electron chi connectivity index (χ1n) is 14.8. The van der Waals surface area contributed by atoms with Gasteiger partial charge >= 0.3 is 0 Å². The standard InChI is InChI=1S/C36H27N5O4S/c1-23-18-25(16-17-28(23)43-21-24-10-4-2-5-11-24)33-26(20-40(38-33)27-12-6-3-7-13-27)19-32-35(42)41-36(46-32)37-34(39-41)31-22-44-29-14-8-9-15-30(29)45-31/h2-20,31H,21-22H2,1H3/b32-19-. The Bertz CT molecular complexity index is 2300. The first-order valence-corrected chi connectivity index (χ1v) is 15.6. The van der Waals surface area contributed by atoms with Crippen LogP contribution in [0.5, 0.6) is 17.2 Å². The van der Waals surface area contributed by atoms with Crippen molar-refractivity contribution in [2.75, 3.05) is 6.61 Å². The lowest BCUT2D eigenvalue weighted by molar-refractivity contribution is 0.0852. The molecule has 4 heterocycles. The van der Waals surface area contributed by atoms with Crippen molar-refractivity contribution in [3.63, 3.8) is 0 Å². The molecule has 1 atom stereocenters. The molecule has 3 aromatic heterocycles. The third kappa shape index (κ3) is 5.28. The quantitative estimate of drug-likeness (QED) is 0.216. The highest BCUT2D eigenvalue weighted by Gasteiger charge is 2.27. The maximum atomic E-state index is 13.6. The van der Waals surface area contributed by atoms with Gasteiger partial charge in [-0.15, -0.1) is 5.10 Å². The minimum atomic E-state index is -0.507. The van der Waals surface area contributed by atoms with Crippen molar-refractivity contribution in [2.45, 2.75) is 19.6 Å².